The molecule has 0 aliphatic heterocycles. The van der Waals surface area contributed by atoms with E-state index in [1.165, 1.54) is 12.2 Å². The van der Waals surface area contributed by atoms with Gasteiger partial charge in [0.25, 0.3) is 0 Å². The molecule has 0 bridgehead atoms. The van der Waals surface area contributed by atoms with E-state index < -0.39 is 0 Å². The van der Waals surface area contributed by atoms with Crippen LogP contribution in [0.25, 0.3) is 0 Å². The first kappa shape index (κ1) is 13.0. The molecule has 4 nitrogen and oxygen atoms in total. The van der Waals surface area contributed by atoms with Crippen LogP contribution < -0.4 is 10.6 Å². The van der Waals surface area contributed by atoms with Gasteiger partial charge in [0, 0.05) is 14.1 Å². The maximum atomic E-state index is 9.95. The van der Waals surface area contributed by atoms with Gasteiger partial charge in [0.2, 0.25) is 11.8 Å². The van der Waals surface area contributed by atoms with Gasteiger partial charge in [-0.1, -0.05) is 13.2 Å². The van der Waals surface area contributed by atoms with Crippen molar-refractivity contribution in [2.75, 3.05) is 14.1 Å². The Kier molecular flexibility index (Phi) is 10.2. The molecule has 0 aliphatic carbocycles. The number of likely N-dealkylation sites (N-methyl/N-ethyl adjacent to an activating group) is 2. The summed E-state index contributed by atoms with van der Waals surface area (Å²) in [6.45, 7) is 6.44. The van der Waals surface area contributed by atoms with Crippen LogP contribution in [0.5, 0.6) is 0 Å². The number of carbonyl (C=O) groups is 2. The van der Waals surface area contributed by atoms with E-state index in [4.69, 9.17) is 0 Å². The van der Waals surface area contributed by atoms with Crippen LogP contribution in [0.15, 0.2) is 25.3 Å². The van der Waals surface area contributed by atoms with Crippen molar-refractivity contribution < 1.29 is 9.59 Å². The van der Waals surface area contributed by atoms with Crippen LogP contribution in [0.1, 0.15) is 0 Å². The van der Waals surface area contributed by atoms with Gasteiger partial charge in [-0.05, 0) is 12.2 Å². The van der Waals surface area contributed by atoms with Crippen molar-refractivity contribution in [1.29, 1.82) is 0 Å². The first-order valence-electron chi connectivity index (χ1n) is 3.30. The summed E-state index contributed by atoms with van der Waals surface area (Å²) >= 11 is 0. The number of rotatable bonds is 2. The van der Waals surface area contributed by atoms with E-state index in [0.29, 0.717) is 0 Å². The molecule has 0 aromatic carbocycles. The minimum atomic E-state index is -0.144. The van der Waals surface area contributed by atoms with E-state index in [1.54, 1.807) is 14.1 Å². The molecule has 0 saturated carbocycles. The largest absolute Gasteiger partial charge is 0.356 e. The van der Waals surface area contributed by atoms with Gasteiger partial charge < -0.3 is 10.6 Å². The fourth-order valence-electron chi connectivity index (χ4n) is 0.204. The summed E-state index contributed by atoms with van der Waals surface area (Å²) in [6.07, 6.45) is 2.44. The molecule has 2 N–H and O–H groups in total. The smallest absolute Gasteiger partial charge is 0.243 e. The molecule has 0 radical (unpaired) electrons. The molecule has 0 saturated heterocycles. The minimum Gasteiger partial charge on any atom is -0.356 e. The lowest BCUT2D eigenvalue weighted by molar-refractivity contribution is -0.116. The first-order valence-corrected chi connectivity index (χ1v) is 3.30. The maximum absolute atomic E-state index is 9.95. The molecule has 0 unspecified atom stereocenters. The van der Waals surface area contributed by atoms with Crippen molar-refractivity contribution in [2.45, 2.75) is 0 Å². The van der Waals surface area contributed by atoms with Gasteiger partial charge in [-0.25, -0.2) is 0 Å². The SMILES string of the molecule is C=CC(=O)NC.C=CC(=O)NC. The van der Waals surface area contributed by atoms with Crippen LogP contribution in [0.3, 0.4) is 0 Å². The van der Waals surface area contributed by atoms with Crippen LogP contribution in [0.2, 0.25) is 0 Å². The van der Waals surface area contributed by atoms with Gasteiger partial charge in [-0.3, -0.25) is 9.59 Å². The Hall–Kier alpha value is -1.58. The average molecular weight is 170 g/mol. The van der Waals surface area contributed by atoms with E-state index in [0.717, 1.165) is 0 Å². The molecule has 0 aromatic rings. The summed E-state index contributed by atoms with van der Waals surface area (Å²) in [5.41, 5.74) is 0. The molecule has 0 heterocycles. The number of hydrogen-bond acceptors (Lipinski definition) is 2. The Morgan fingerprint density at radius 1 is 1.00 bits per heavy atom. The van der Waals surface area contributed by atoms with E-state index in [1.807, 2.05) is 0 Å². The van der Waals surface area contributed by atoms with Crippen molar-refractivity contribution in [3.05, 3.63) is 25.3 Å². The Bertz CT molecular complexity index is 156. The molecule has 0 spiro atoms. The molecule has 68 valence electrons. The summed E-state index contributed by atoms with van der Waals surface area (Å²) in [6, 6.07) is 0. The third-order valence-corrected chi connectivity index (χ3v) is 0.864. The molecule has 0 aliphatic rings. The topological polar surface area (TPSA) is 58.2 Å². The quantitative estimate of drug-likeness (QED) is 0.566. The fraction of sp³-hybridized carbons (Fsp3) is 0.250. The standard InChI is InChI=1S/2C4H7NO/c2*1-3-4(6)5-2/h2*3H,1H2,2H3,(H,5,6). The lowest BCUT2D eigenvalue weighted by Gasteiger charge is -1.82. The summed E-state index contributed by atoms with van der Waals surface area (Å²) in [5, 5.41) is 4.72. The molecule has 0 fully saturated rings. The first-order chi connectivity index (χ1) is 5.62. The van der Waals surface area contributed by atoms with Crippen molar-refractivity contribution >= 4 is 11.8 Å². The highest BCUT2D eigenvalue weighted by molar-refractivity contribution is 5.86. The molecule has 0 aromatic heterocycles. The third kappa shape index (κ3) is 11.2. The zero-order chi connectivity index (χ0) is 9.98. The number of amides is 2. The van der Waals surface area contributed by atoms with Gasteiger partial charge in [0.15, 0.2) is 0 Å². The Morgan fingerprint density at radius 3 is 1.25 bits per heavy atom. The van der Waals surface area contributed by atoms with Crippen LogP contribution in [0.4, 0.5) is 0 Å². The monoisotopic (exact) mass is 170 g/mol. The molecular formula is C8H14N2O2. The van der Waals surface area contributed by atoms with Crippen LogP contribution in [0, 0.1) is 0 Å². The summed E-state index contributed by atoms with van der Waals surface area (Å²) in [5.74, 6) is -0.287. The summed E-state index contributed by atoms with van der Waals surface area (Å²) < 4.78 is 0. The molecule has 0 atom stereocenters. The van der Waals surface area contributed by atoms with Gasteiger partial charge in [0.05, 0.1) is 0 Å². The van der Waals surface area contributed by atoms with E-state index in [2.05, 4.69) is 23.8 Å². The Balaban J connectivity index is 0. The molecule has 12 heavy (non-hydrogen) atoms. The van der Waals surface area contributed by atoms with Gasteiger partial charge in [0.1, 0.15) is 0 Å². The average Bonchev–Trinajstić information content (AvgIpc) is 2.16. The van der Waals surface area contributed by atoms with Gasteiger partial charge in [-0.2, -0.15) is 0 Å². The van der Waals surface area contributed by atoms with Gasteiger partial charge >= 0.3 is 0 Å². The normalized spacial score (nSPS) is 6.83. The summed E-state index contributed by atoms with van der Waals surface area (Å²) in [7, 11) is 3.12. The highest BCUT2D eigenvalue weighted by Gasteiger charge is 1.79. The minimum absolute atomic E-state index is 0.144. The second-order valence-corrected chi connectivity index (χ2v) is 1.64. The maximum Gasteiger partial charge on any atom is 0.243 e. The second kappa shape index (κ2) is 9.42. The lowest BCUT2D eigenvalue weighted by Crippen LogP contribution is -2.13. The Labute approximate surface area is 72.3 Å². The predicted octanol–water partition coefficient (Wildman–Crippen LogP) is -0.163. The van der Waals surface area contributed by atoms with Crippen LogP contribution in [-0.2, 0) is 9.59 Å². The second-order valence-electron chi connectivity index (χ2n) is 1.64. The van der Waals surface area contributed by atoms with Crippen molar-refractivity contribution in [3.8, 4) is 0 Å². The zero-order valence-corrected chi connectivity index (χ0v) is 7.39. The van der Waals surface area contributed by atoms with Crippen molar-refractivity contribution in [2.24, 2.45) is 0 Å². The van der Waals surface area contributed by atoms with Crippen LogP contribution >= 0.6 is 0 Å². The highest BCUT2D eigenvalue weighted by Crippen LogP contribution is 1.57. The molecular weight excluding hydrogens is 156 g/mol. The number of hydrogen-bond donors (Lipinski definition) is 2. The third-order valence-electron chi connectivity index (χ3n) is 0.864. The van der Waals surface area contributed by atoms with Crippen molar-refractivity contribution in [1.82, 2.24) is 10.6 Å². The van der Waals surface area contributed by atoms with Gasteiger partial charge in [-0.15, -0.1) is 0 Å². The molecule has 0 rings (SSSR count). The Morgan fingerprint density at radius 2 is 1.25 bits per heavy atom. The lowest BCUT2D eigenvalue weighted by atomic mass is 10.6. The van der Waals surface area contributed by atoms with E-state index >= 15 is 0 Å². The predicted molar refractivity (Wildman–Crippen MR) is 48.5 cm³/mol. The highest BCUT2D eigenvalue weighted by atomic mass is 16.2. The molecule has 2 amide bonds. The number of carbonyl (C=O) groups excluding carboxylic acids is 2. The van der Waals surface area contributed by atoms with Crippen LogP contribution in [-0.4, -0.2) is 25.9 Å². The van der Waals surface area contributed by atoms with E-state index in [9.17, 15) is 9.59 Å². The zero-order valence-electron chi connectivity index (χ0n) is 7.39. The summed E-state index contributed by atoms with van der Waals surface area (Å²) in [4.78, 5) is 19.9. The number of nitrogens with one attached hydrogen (secondary N) is 2. The van der Waals surface area contributed by atoms with E-state index in [-0.39, 0.29) is 11.8 Å². The fourth-order valence-corrected chi connectivity index (χ4v) is 0.204. The molecule has 4 heteroatoms. The van der Waals surface area contributed by atoms with Crippen molar-refractivity contribution in [3.63, 3.8) is 0 Å².